The second-order valence-corrected chi connectivity index (χ2v) is 6.72. The molecule has 28 heavy (non-hydrogen) atoms. The van der Waals surface area contributed by atoms with E-state index < -0.39 is 0 Å². The van der Waals surface area contributed by atoms with Gasteiger partial charge in [0.15, 0.2) is 5.82 Å². The average Bonchev–Trinajstić information content (AvgIpc) is 3.25. The number of carbonyl (C=O) groups is 1. The van der Waals surface area contributed by atoms with Crippen LogP contribution in [0.2, 0.25) is 0 Å². The van der Waals surface area contributed by atoms with E-state index in [1.807, 2.05) is 48.2 Å². The molecule has 7 nitrogen and oxygen atoms in total. The van der Waals surface area contributed by atoms with Gasteiger partial charge in [-0.05, 0) is 56.2 Å². The zero-order valence-electron chi connectivity index (χ0n) is 15.7. The molecular formula is C21H22N4O3. The molecule has 144 valence electrons. The first kappa shape index (κ1) is 18.2. The summed E-state index contributed by atoms with van der Waals surface area (Å²) < 4.78 is 10.8. The van der Waals surface area contributed by atoms with E-state index >= 15 is 0 Å². The standard InChI is InChI=1S/C21H22N4O3/c1-2-27-18-5-3-17(4-6-18)21(26)25-13-9-15(10-14-25)19-23-20(28-24-19)16-7-11-22-12-8-16/h3-8,11-12,15H,2,9-10,13-14H2,1H3. The fourth-order valence-corrected chi connectivity index (χ4v) is 3.40. The highest BCUT2D eigenvalue weighted by Crippen LogP contribution is 2.28. The molecule has 0 N–H and O–H groups in total. The van der Waals surface area contributed by atoms with Gasteiger partial charge in [-0.3, -0.25) is 9.78 Å². The van der Waals surface area contributed by atoms with Crippen LogP contribution in [0.3, 0.4) is 0 Å². The zero-order chi connectivity index (χ0) is 19.3. The highest BCUT2D eigenvalue weighted by molar-refractivity contribution is 5.94. The molecule has 0 aliphatic carbocycles. The number of hydrogen-bond donors (Lipinski definition) is 0. The summed E-state index contributed by atoms with van der Waals surface area (Å²) in [6.45, 7) is 3.90. The first-order chi connectivity index (χ1) is 13.7. The number of likely N-dealkylation sites (tertiary alicyclic amines) is 1. The summed E-state index contributed by atoms with van der Waals surface area (Å²) in [5.74, 6) is 2.24. The summed E-state index contributed by atoms with van der Waals surface area (Å²) in [6.07, 6.45) is 5.03. The largest absolute Gasteiger partial charge is 0.494 e. The van der Waals surface area contributed by atoms with Crippen LogP contribution in [0.4, 0.5) is 0 Å². The van der Waals surface area contributed by atoms with Gasteiger partial charge in [0.2, 0.25) is 0 Å². The average molecular weight is 378 g/mol. The molecule has 4 rings (SSSR count). The normalized spacial score (nSPS) is 14.8. The molecule has 0 spiro atoms. The first-order valence-electron chi connectivity index (χ1n) is 9.50. The van der Waals surface area contributed by atoms with Crippen molar-refractivity contribution in [1.29, 1.82) is 0 Å². The van der Waals surface area contributed by atoms with Crippen LogP contribution in [0.15, 0.2) is 53.3 Å². The Balaban J connectivity index is 1.37. The van der Waals surface area contributed by atoms with Crippen LogP contribution in [0.5, 0.6) is 5.75 Å². The fourth-order valence-electron chi connectivity index (χ4n) is 3.40. The SMILES string of the molecule is CCOc1ccc(C(=O)N2CCC(c3noc(-c4ccncc4)n3)CC2)cc1. The molecule has 1 aromatic carbocycles. The summed E-state index contributed by atoms with van der Waals surface area (Å²) in [7, 11) is 0. The van der Waals surface area contributed by atoms with Crippen LogP contribution < -0.4 is 4.74 Å². The Labute approximate surface area is 163 Å². The topological polar surface area (TPSA) is 81.4 Å². The predicted octanol–water partition coefficient (Wildman–Crippen LogP) is 3.55. The second kappa shape index (κ2) is 8.21. The van der Waals surface area contributed by atoms with Crippen LogP contribution in [-0.2, 0) is 0 Å². The van der Waals surface area contributed by atoms with E-state index in [1.165, 1.54) is 0 Å². The highest BCUT2D eigenvalue weighted by atomic mass is 16.5. The van der Waals surface area contributed by atoms with E-state index in [0.717, 1.165) is 24.2 Å². The van der Waals surface area contributed by atoms with Crippen molar-refractivity contribution in [3.05, 3.63) is 60.2 Å². The van der Waals surface area contributed by atoms with Crippen LogP contribution in [-0.4, -0.2) is 45.6 Å². The third kappa shape index (κ3) is 3.88. The van der Waals surface area contributed by atoms with Crippen LogP contribution >= 0.6 is 0 Å². The third-order valence-electron chi connectivity index (χ3n) is 4.93. The van der Waals surface area contributed by atoms with Gasteiger partial charge in [0.1, 0.15) is 5.75 Å². The third-order valence-corrected chi connectivity index (χ3v) is 4.93. The van der Waals surface area contributed by atoms with Crippen LogP contribution in [0.1, 0.15) is 41.9 Å². The Morgan fingerprint density at radius 3 is 2.54 bits per heavy atom. The molecule has 1 fully saturated rings. The molecule has 0 atom stereocenters. The fraction of sp³-hybridized carbons (Fsp3) is 0.333. The smallest absolute Gasteiger partial charge is 0.258 e. The molecule has 0 saturated carbocycles. The molecule has 1 amide bonds. The van der Waals surface area contributed by atoms with Crippen molar-refractivity contribution >= 4 is 5.91 Å². The van der Waals surface area contributed by atoms with E-state index in [1.54, 1.807) is 12.4 Å². The molecule has 1 aliphatic heterocycles. The minimum atomic E-state index is 0.0482. The number of ether oxygens (including phenoxy) is 1. The Hall–Kier alpha value is -3.22. The Bertz CT molecular complexity index is 916. The monoisotopic (exact) mass is 378 g/mol. The number of hydrogen-bond acceptors (Lipinski definition) is 6. The molecule has 1 saturated heterocycles. The maximum atomic E-state index is 12.7. The van der Waals surface area contributed by atoms with Gasteiger partial charge in [0.05, 0.1) is 6.61 Å². The summed E-state index contributed by atoms with van der Waals surface area (Å²) in [5.41, 5.74) is 1.54. The quantitative estimate of drug-likeness (QED) is 0.675. The molecular weight excluding hydrogens is 356 g/mol. The molecule has 2 aromatic heterocycles. The molecule has 3 aromatic rings. The Morgan fingerprint density at radius 1 is 1.14 bits per heavy atom. The molecule has 7 heteroatoms. The number of pyridine rings is 1. The number of aromatic nitrogens is 3. The van der Waals surface area contributed by atoms with Gasteiger partial charge in [-0.1, -0.05) is 5.16 Å². The van der Waals surface area contributed by atoms with E-state index in [2.05, 4.69) is 15.1 Å². The number of carbonyl (C=O) groups excluding carboxylic acids is 1. The van der Waals surface area contributed by atoms with Gasteiger partial charge in [-0.15, -0.1) is 0 Å². The second-order valence-electron chi connectivity index (χ2n) is 6.72. The summed E-state index contributed by atoms with van der Waals surface area (Å²) in [4.78, 5) is 23.1. The van der Waals surface area contributed by atoms with Crippen molar-refractivity contribution in [3.63, 3.8) is 0 Å². The maximum Gasteiger partial charge on any atom is 0.258 e. The number of benzene rings is 1. The lowest BCUT2D eigenvalue weighted by atomic mass is 9.95. The van der Waals surface area contributed by atoms with E-state index in [0.29, 0.717) is 37.0 Å². The van der Waals surface area contributed by atoms with Crippen molar-refractivity contribution in [3.8, 4) is 17.2 Å². The lowest BCUT2D eigenvalue weighted by Gasteiger charge is -2.30. The van der Waals surface area contributed by atoms with Gasteiger partial charge < -0.3 is 14.2 Å². The summed E-state index contributed by atoms with van der Waals surface area (Å²) in [6, 6.07) is 11.0. The number of amides is 1. The van der Waals surface area contributed by atoms with Crippen molar-refractivity contribution in [2.24, 2.45) is 0 Å². The van der Waals surface area contributed by atoms with Crippen molar-refractivity contribution < 1.29 is 14.1 Å². The van der Waals surface area contributed by atoms with Crippen LogP contribution in [0, 0.1) is 0 Å². The molecule has 0 radical (unpaired) electrons. The van der Waals surface area contributed by atoms with Gasteiger partial charge in [0, 0.05) is 42.5 Å². The zero-order valence-corrected chi connectivity index (χ0v) is 15.7. The van der Waals surface area contributed by atoms with Gasteiger partial charge in [-0.2, -0.15) is 4.98 Å². The minimum absolute atomic E-state index is 0.0482. The maximum absolute atomic E-state index is 12.7. The Kier molecular flexibility index (Phi) is 5.32. The molecule has 0 bridgehead atoms. The van der Waals surface area contributed by atoms with Gasteiger partial charge in [-0.25, -0.2) is 0 Å². The van der Waals surface area contributed by atoms with E-state index in [9.17, 15) is 4.79 Å². The lowest BCUT2D eigenvalue weighted by Crippen LogP contribution is -2.38. The minimum Gasteiger partial charge on any atom is -0.494 e. The lowest BCUT2D eigenvalue weighted by molar-refractivity contribution is 0.0710. The summed E-state index contributed by atoms with van der Waals surface area (Å²) >= 11 is 0. The van der Waals surface area contributed by atoms with Crippen molar-refractivity contribution in [2.75, 3.05) is 19.7 Å². The number of rotatable bonds is 5. The predicted molar refractivity (Wildman–Crippen MR) is 103 cm³/mol. The number of piperidine rings is 1. The summed E-state index contributed by atoms with van der Waals surface area (Å²) in [5, 5.41) is 4.15. The van der Waals surface area contributed by atoms with Crippen molar-refractivity contribution in [1.82, 2.24) is 20.0 Å². The number of nitrogens with zero attached hydrogens (tertiary/aromatic N) is 4. The molecule has 0 unspecified atom stereocenters. The molecule has 1 aliphatic rings. The van der Waals surface area contributed by atoms with E-state index in [-0.39, 0.29) is 11.8 Å². The first-order valence-corrected chi connectivity index (χ1v) is 9.50. The highest BCUT2D eigenvalue weighted by Gasteiger charge is 2.27. The van der Waals surface area contributed by atoms with Gasteiger partial charge in [0.25, 0.3) is 11.8 Å². The van der Waals surface area contributed by atoms with E-state index in [4.69, 9.17) is 9.26 Å². The van der Waals surface area contributed by atoms with Gasteiger partial charge >= 0.3 is 0 Å². The van der Waals surface area contributed by atoms with Crippen LogP contribution in [0.25, 0.3) is 11.5 Å². The molecule has 3 heterocycles. The van der Waals surface area contributed by atoms with Crippen molar-refractivity contribution in [2.45, 2.75) is 25.7 Å². The Morgan fingerprint density at radius 2 is 1.86 bits per heavy atom.